The second-order valence-electron chi connectivity index (χ2n) is 17.5. The number of aliphatic hydroxyl groups is 1. The smallest absolute Gasteiger partial charge is 0.166 e. The highest BCUT2D eigenvalue weighted by Gasteiger charge is 2.37. The lowest BCUT2D eigenvalue weighted by atomic mass is 9.80. The highest BCUT2D eigenvalue weighted by atomic mass is 16.5. The summed E-state index contributed by atoms with van der Waals surface area (Å²) in [6, 6.07) is 16.7. The molecule has 6 atom stereocenters. The van der Waals surface area contributed by atoms with Crippen molar-refractivity contribution in [3.63, 3.8) is 0 Å². The Labute approximate surface area is 341 Å². The number of aromatic nitrogens is 5. The number of imidazole rings is 2. The molecule has 2 fully saturated rings. The summed E-state index contributed by atoms with van der Waals surface area (Å²) in [7, 11) is 1.93. The van der Waals surface area contributed by atoms with Gasteiger partial charge in [0.25, 0.3) is 0 Å². The van der Waals surface area contributed by atoms with Gasteiger partial charge in [-0.15, -0.1) is 0 Å². The van der Waals surface area contributed by atoms with E-state index < -0.39 is 6.23 Å². The molecule has 9 rings (SSSR count). The standard InChI is InChI=1S/C47H58N8O3/c1-27(2)43(48)47(57)54-18-8-13-40(54)46-51-25-38(53-46)30-14-16-35-41-21-33-19-29(15-17-39(33)55(41)26-58-42(35)22-30)37-24-50-45(52-37)31-11-7-9-28(3)36(20-31)44(56)34-12-6-5-10-32(34)23-49-4/h5-6,10,12,15,17,19,21-22,24-25,27-28,31,36,40,43,47,49,57H,7-9,11,13-14,16,18,20,23,26,48H2,1-4H3,(H,50,52)(H,51,53). The average molecular weight is 783 g/mol. The molecule has 304 valence electrons. The van der Waals surface area contributed by atoms with E-state index in [1.807, 2.05) is 37.6 Å². The summed E-state index contributed by atoms with van der Waals surface area (Å²) in [5.74, 6) is 3.73. The first-order valence-electron chi connectivity index (χ1n) is 21.4. The molecule has 11 heteroatoms. The zero-order chi connectivity index (χ0) is 40.1. The van der Waals surface area contributed by atoms with Crippen LogP contribution in [-0.4, -0.2) is 66.2 Å². The summed E-state index contributed by atoms with van der Waals surface area (Å²) in [4.78, 5) is 33.2. The van der Waals surface area contributed by atoms with Crippen LogP contribution in [0.25, 0.3) is 33.3 Å². The number of H-pyrrole nitrogens is 2. The molecule has 2 aliphatic heterocycles. The summed E-state index contributed by atoms with van der Waals surface area (Å²) in [6.45, 7) is 8.29. The van der Waals surface area contributed by atoms with Gasteiger partial charge in [-0.1, -0.05) is 57.5 Å². The van der Waals surface area contributed by atoms with E-state index >= 15 is 0 Å². The number of rotatable bonds is 11. The van der Waals surface area contributed by atoms with Gasteiger partial charge < -0.3 is 35.4 Å². The summed E-state index contributed by atoms with van der Waals surface area (Å²) < 4.78 is 8.72. The van der Waals surface area contributed by atoms with Crippen molar-refractivity contribution in [2.75, 3.05) is 13.6 Å². The number of carbonyl (C=O) groups excluding carboxylic acids is 1. The van der Waals surface area contributed by atoms with Gasteiger partial charge in [-0.05, 0) is 99.2 Å². The molecule has 11 nitrogen and oxygen atoms in total. The Morgan fingerprint density at radius 1 is 1.02 bits per heavy atom. The van der Waals surface area contributed by atoms with Crippen LogP contribution in [0.3, 0.4) is 0 Å². The Morgan fingerprint density at radius 3 is 2.67 bits per heavy atom. The van der Waals surface area contributed by atoms with Crippen molar-refractivity contribution < 1.29 is 14.6 Å². The van der Waals surface area contributed by atoms with Gasteiger partial charge in [0, 0.05) is 53.1 Å². The predicted molar refractivity (Wildman–Crippen MR) is 228 cm³/mol. The van der Waals surface area contributed by atoms with Crippen LogP contribution >= 0.6 is 0 Å². The minimum Gasteiger partial charge on any atom is -0.472 e. The third kappa shape index (κ3) is 7.16. The van der Waals surface area contributed by atoms with E-state index in [-0.39, 0.29) is 35.6 Å². The van der Waals surface area contributed by atoms with Gasteiger partial charge in [0.2, 0.25) is 0 Å². The van der Waals surface area contributed by atoms with Crippen LogP contribution in [0.2, 0.25) is 0 Å². The van der Waals surface area contributed by atoms with Gasteiger partial charge in [-0.2, -0.15) is 0 Å². The lowest BCUT2D eigenvalue weighted by Gasteiger charge is -2.33. The molecule has 0 radical (unpaired) electrons. The van der Waals surface area contributed by atoms with Crippen molar-refractivity contribution in [1.82, 2.24) is 34.7 Å². The number of Topliss-reactive ketones (excluding diaryl/α,β-unsaturated/α-hetero) is 1. The normalized spacial score (nSPS) is 23.7. The van der Waals surface area contributed by atoms with Crippen molar-refractivity contribution in [3.8, 4) is 11.3 Å². The average Bonchev–Trinajstić information content (AvgIpc) is 4.06. The van der Waals surface area contributed by atoms with Gasteiger partial charge in [0.15, 0.2) is 12.5 Å². The van der Waals surface area contributed by atoms with Gasteiger partial charge in [0.05, 0.1) is 41.0 Å². The van der Waals surface area contributed by atoms with E-state index in [1.54, 1.807) is 0 Å². The molecule has 0 amide bonds. The highest BCUT2D eigenvalue weighted by Crippen LogP contribution is 2.43. The second-order valence-corrected chi connectivity index (χ2v) is 17.5. The Bertz CT molecular complexity index is 2360. The minimum absolute atomic E-state index is 0.0213. The number of carbonyl (C=O) groups is 1. The topological polar surface area (TPSA) is 150 Å². The van der Waals surface area contributed by atoms with Gasteiger partial charge in [0.1, 0.15) is 23.6 Å². The number of allylic oxidation sites excluding steroid dienone is 3. The first-order chi connectivity index (χ1) is 28.2. The number of aliphatic hydroxyl groups excluding tert-OH is 1. The number of nitrogens with two attached hydrogens (primary N) is 1. The Morgan fingerprint density at radius 2 is 1.83 bits per heavy atom. The first kappa shape index (κ1) is 38.7. The van der Waals surface area contributed by atoms with E-state index in [0.29, 0.717) is 19.2 Å². The second kappa shape index (κ2) is 16.1. The van der Waals surface area contributed by atoms with Crippen molar-refractivity contribution >= 4 is 27.8 Å². The lowest BCUT2D eigenvalue weighted by Crippen LogP contribution is -2.50. The third-order valence-electron chi connectivity index (χ3n) is 13.5. The molecular weight excluding hydrogens is 725 g/mol. The predicted octanol–water partition coefficient (Wildman–Crippen LogP) is 8.28. The first-order valence-corrected chi connectivity index (χ1v) is 21.4. The molecule has 6 unspecified atom stereocenters. The molecule has 5 aromatic rings. The summed E-state index contributed by atoms with van der Waals surface area (Å²) >= 11 is 0. The fourth-order valence-corrected chi connectivity index (χ4v) is 10.0. The number of aromatic amines is 2. The summed E-state index contributed by atoms with van der Waals surface area (Å²) in [5, 5.41) is 15.5. The minimum atomic E-state index is -0.697. The number of benzene rings is 2. The molecule has 0 spiro atoms. The van der Waals surface area contributed by atoms with Crippen LogP contribution in [0, 0.1) is 17.8 Å². The maximum absolute atomic E-state index is 14.1. The van der Waals surface area contributed by atoms with Crippen LogP contribution < -0.4 is 11.1 Å². The maximum atomic E-state index is 14.1. The molecule has 3 aromatic heterocycles. The van der Waals surface area contributed by atoms with Crippen molar-refractivity contribution in [3.05, 3.63) is 107 Å². The van der Waals surface area contributed by atoms with Crippen LogP contribution in [0.5, 0.6) is 0 Å². The van der Waals surface area contributed by atoms with E-state index in [1.165, 1.54) is 22.2 Å². The fraction of sp³-hybridized carbons (Fsp3) is 0.468. The monoisotopic (exact) mass is 782 g/mol. The highest BCUT2D eigenvalue weighted by molar-refractivity contribution is 5.99. The molecule has 5 heterocycles. The Balaban J connectivity index is 0.926. The van der Waals surface area contributed by atoms with Crippen LogP contribution in [0.4, 0.5) is 0 Å². The van der Waals surface area contributed by atoms with Crippen LogP contribution in [0.15, 0.2) is 72.8 Å². The number of ether oxygens (including phenoxy) is 1. The fourth-order valence-electron chi connectivity index (χ4n) is 10.0. The molecule has 0 bridgehead atoms. The van der Waals surface area contributed by atoms with Gasteiger partial charge >= 0.3 is 0 Å². The van der Waals surface area contributed by atoms with Crippen molar-refractivity contribution in [1.29, 1.82) is 0 Å². The van der Waals surface area contributed by atoms with E-state index in [9.17, 15) is 9.90 Å². The molecular formula is C47H58N8O3. The van der Waals surface area contributed by atoms with Gasteiger partial charge in [-0.25, -0.2) is 9.97 Å². The number of fused-ring (bicyclic) bond motifs is 4. The Kier molecular flexibility index (Phi) is 10.7. The number of nitrogens with one attached hydrogen (secondary N) is 3. The van der Waals surface area contributed by atoms with Crippen molar-refractivity contribution in [2.45, 2.75) is 110 Å². The summed E-state index contributed by atoms with van der Waals surface area (Å²) in [6.07, 6.45) is 13.0. The maximum Gasteiger partial charge on any atom is 0.166 e. The molecule has 2 aromatic carbocycles. The van der Waals surface area contributed by atoms with E-state index in [0.717, 1.165) is 109 Å². The molecule has 2 aliphatic carbocycles. The van der Waals surface area contributed by atoms with E-state index in [4.69, 9.17) is 20.4 Å². The van der Waals surface area contributed by atoms with Crippen LogP contribution in [0.1, 0.15) is 123 Å². The third-order valence-corrected chi connectivity index (χ3v) is 13.5. The number of likely N-dealkylation sites (tertiary alicyclic amines) is 1. The largest absolute Gasteiger partial charge is 0.472 e. The Hall–Kier alpha value is -4.81. The number of ketones is 1. The molecule has 58 heavy (non-hydrogen) atoms. The summed E-state index contributed by atoms with van der Waals surface area (Å²) in [5.41, 5.74) is 16.1. The van der Waals surface area contributed by atoms with Crippen molar-refractivity contribution in [2.24, 2.45) is 23.5 Å². The lowest BCUT2D eigenvalue weighted by molar-refractivity contribution is -0.0351. The van der Waals surface area contributed by atoms with Gasteiger partial charge in [-0.3, -0.25) is 9.69 Å². The zero-order valence-corrected chi connectivity index (χ0v) is 34.3. The molecule has 1 saturated carbocycles. The number of hydrogen-bond donors (Lipinski definition) is 5. The quantitative estimate of drug-likeness (QED) is 0.0664. The number of hydrogen-bond acceptors (Lipinski definition) is 8. The van der Waals surface area contributed by atoms with Crippen LogP contribution in [-0.2, 0) is 18.0 Å². The zero-order valence-electron chi connectivity index (χ0n) is 34.3. The molecule has 1 saturated heterocycles. The SMILES string of the molecule is CNCc1ccccc1C(=O)C1CC(c2ncc(-c3ccc4c(c3)cc3n4COC4=C3CCC(c3cnc(C5CCCN5C(O)C(N)C(C)C)[nH]3)=C4)[nH]2)CCCC1C. The molecule has 4 aliphatic rings. The van der Waals surface area contributed by atoms with E-state index in [2.05, 4.69) is 81.9 Å². The number of nitrogens with zero attached hydrogens (tertiary/aromatic N) is 4. The molecule has 6 N–H and O–H groups in total.